The summed E-state index contributed by atoms with van der Waals surface area (Å²) in [5.41, 5.74) is 15.8. The number of carbonyl (C=O) groups is 4. The van der Waals surface area contributed by atoms with Gasteiger partial charge in [0, 0.05) is 20.5 Å². The second-order valence-corrected chi connectivity index (χ2v) is 5.27. The predicted molar refractivity (Wildman–Crippen MR) is 88.5 cm³/mol. The lowest BCUT2D eigenvalue weighted by molar-refractivity contribution is -0.160. The Morgan fingerprint density at radius 3 is 1.73 bits per heavy atom. The summed E-state index contributed by atoms with van der Waals surface area (Å²) in [6, 6.07) is -1.29. The molecule has 0 heterocycles. The first-order chi connectivity index (χ1) is 11.9. The Morgan fingerprint density at radius 1 is 0.885 bits per heavy atom. The molecule has 0 aromatic heterocycles. The summed E-state index contributed by atoms with van der Waals surface area (Å²) >= 11 is 0. The lowest BCUT2D eigenvalue weighted by Gasteiger charge is -2.16. The van der Waals surface area contributed by atoms with Gasteiger partial charge in [-0.25, -0.2) is 14.4 Å². The quantitative estimate of drug-likeness (QED) is 0.124. The van der Waals surface area contributed by atoms with Gasteiger partial charge in [-0.3, -0.25) is 15.6 Å². The molecular formula is C13H23N7O6. The summed E-state index contributed by atoms with van der Waals surface area (Å²) in [6.07, 6.45) is -0.587. The normalized spacial score (nSPS) is 11.0. The SMILES string of the molecule is CN(CC(=O)OC(=O)CC[C@H](N)C(=O)OC(=O)CN(C)C(=N)N)C(=N)N. The Morgan fingerprint density at radius 2 is 1.31 bits per heavy atom. The number of nitrogens with zero attached hydrogens (tertiary/aromatic N) is 2. The molecule has 0 amide bonds. The number of hydrogen-bond donors (Lipinski definition) is 5. The summed E-state index contributed by atoms with van der Waals surface area (Å²) in [4.78, 5) is 48.1. The molecule has 0 fully saturated rings. The fourth-order valence-corrected chi connectivity index (χ4v) is 1.38. The van der Waals surface area contributed by atoms with E-state index < -0.39 is 43.0 Å². The molecular weight excluding hydrogens is 350 g/mol. The van der Waals surface area contributed by atoms with Gasteiger partial charge >= 0.3 is 23.9 Å². The molecule has 26 heavy (non-hydrogen) atoms. The van der Waals surface area contributed by atoms with Crippen LogP contribution in [-0.2, 0) is 28.7 Å². The van der Waals surface area contributed by atoms with E-state index in [4.69, 9.17) is 28.0 Å². The van der Waals surface area contributed by atoms with E-state index in [1.54, 1.807) is 0 Å². The van der Waals surface area contributed by atoms with Gasteiger partial charge < -0.3 is 36.5 Å². The number of carbonyl (C=O) groups excluding carboxylic acids is 4. The standard InChI is InChI=1S/C13H23N7O6/c1-19(12(15)16)5-9(22)25-8(21)4-3-7(14)11(24)26-10(23)6-20(2)13(17)18/h7H,3-6,14H2,1-2H3,(H3,15,16)(H3,17,18)/t7-/m0/s1. The van der Waals surface area contributed by atoms with Crippen LogP contribution in [0.1, 0.15) is 12.8 Å². The molecule has 0 aliphatic carbocycles. The monoisotopic (exact) mass is 373 g/mol. The number of hydrogen-bond acceptors (Lipinski definition) is 9. The van der Waals surface area contributed by atoms with Crippen LogP contribution in [0.5, 0.6) is 0 Å². The van der Waals surface area contributed by atoms with Gasteiger partial charge in [0.25, 0.3) is 0 Å². The molecule has 0 unspecified atom stereocenters. The number of esters is 4. The first-order valence-electron chi connectivity index (χ1n) is 7.28. The number of guanidine groups is 2. The van der Waals surface area contributed by atoms with E-state index in [0.717, 1.165) is 9.80 Å². The van der Waals surface area contributed by atoms with Gasteiger partial charge in [0.05, 0.1) is 0 Å². The Hall–Kier alpha value is -3.22. The third kappa shape index (κ3) is 9.17. The molecule has 0 spiro atoms. The molecule has 0 bridgehead atoms. The topological polar surface area (TPSA) is 219 Å². The molecule has 146 valence electrons. The van der Waals surface area contributed by atoms with Gasteiger partial charge in [0.2, 0.25) is 0 Å². The lowest BCUT2D eigenvalue weighted by atomic mass is 10.2. The van der Waals surface area contributed by atoms with Gasteiger partial charge in [-0.05, 0) is 6.42 Å². The molecule has 0 aliphatic rings. The molecule has 0 aliphatic heterocycles. The van der Waals surface area contributed by atoms with E-state index >= 15 is 0 Å². The highest BCUT2D eigenvalue weighted by Gasteiger charge is 2.22. The average molecular weight is 373 g/mol. The first kappa shape index (κ1) is 22.8. The largest absolute Gasteiger partial charge is 0.392 e. The van der Waals surface area contributed by atoms with E-state index in [1.807, 2.05) is 0 Å². The van der Waals surface area contributed by atoms with E-state index in [-0.39, 0.29) is 24.8 Å². The van der Waals surface area contributed by atoms with Crippen molar-refractivity contribution in [3.05, 3.63) is 0 Å². The van der Waals surface area contributed by atoms with Gasteiger partial charge in [-0.2, -0.15) is 0 Å². The lowest BCUT2D eigenvalue weighted by Crippen LogP contribution is -2.40. The van der Waals surface area contributed by atoms with Crippen LogP contribution < -0.4 is 17.2 Å². The van der Waals surface area contributed by atoms with Crippen molar-refractivity contribution in [1.29, 1.82) is 10.8 Å². The average Bonchev–Trinajstić information content (AvgIpc) is 2.51. The van der Waals surface area contributed by atoms with Gasteiger partial charge in [0.15, 0.2) is 11.9 Å². The zero-order chi connectivity index (χ0) is 20.4. The van der Waals surface area contributed by atoms with Crippen molar-refractivity contribution in [3.8, 4) is 0 Å². The molecule has 13 nitrogen and oxygen atoms in total. The molecule has 13 heteroatoms. The molecule has 0 radical (unpaired) electrons. The van der Waals surface area contributed by atoms with Crippen molar-refractivity contribution in [2.24, 2.45) is 17.2 Å². The molecule has 0 saturated heterocycles. The molecule has 0 rings (SSSR count). The van der Waals surface area contributed by atoms with Crippen LogP contribution in [0, 0.1) is 10.8 Å². The predicted octanol–water partition coefficient (Wildman–Crippen LogP) is -3.12. The Balaban J connectivity index is 4.24. The summed E-state index contributed by atoms with van der Waals surface area (Å²) < 4.78 is 8.94. The first-order valence-corrected chi connectivity index (χ1v) is 7.28. The summed E-state index contributed by atoms with van der Waals surface area (Å²) in [5, 5.41) is 14.2. The number of likely N-dealkylation sites (N-methyl/N-ethyl adjacent to an activating group) is 2. The van der Waals surface area contributed by atoms with Gasteiger partial charge in [-0.15, -0.1) is 0 Å². The molecule has 0 aromatic rings. The maximum atomic E-state index is 11.6. The van der Waals surface area contributed by atoms with Gasteiger partial charge in [-0.1, -0.05) is 0 Å². The van der Waals surface area contributed by atoms with Crippen LogP contribution in [0.3, 0.4) is 0 Å². The summed E-state index contributed by atoms with van der Waals surface area (Å²) in [6.45, 7) is -0.818. The van der Waals surface area contributed by atoms with Crippen molar-refractivity contribution < 1.29 is 28.7 Å². The zero-order valence-corrected chi connectivity index (χ0v) is 14.5. The van der Waals surface area contributed by atoms with E-state index in [0.29, 0.717) is 0 Å². The minimum Gasteiger partial charge on any atom is -0.392 e. The highest BCUT2D eigenvalue weighted by atomic mass is 16.6. The summed E-state index contributed by atoms with van der Waals surface area (Å²) in [7, 11) is 2.71. The fraction of sp³-hybridized carbons (Fsp3) is 0.538. The smallest absolute Gasteiger partial charge is 0.333 e. The van der Waals surface area contributed by atoms with Crippen LogP contribution in [0.4, 0.5) is 0 Å². The second-order valence-electron chi connectivity index (χ2n) is 5.27. The Bertz CT molecular complexity index is 594. The Labute approximate surface area is 149 Å². The Kier molecular flexibility index (Phi) is 9.29. The highest BCUT2D eigenvalue weighted by molar-refractivity contribution is 5.91. The minimum absolute atomic E-state index is 0.219. The summed E-state index contributed by atoms with van der Waals surface area (Å²) in [5.74, 6) is -4.65. The molecule has 8 N–H and O–H groups in total. The maximum Gasteiger partial charge on any atom is 0.333 e. The van der Waals surface area contributed by atoms with E-state index in [1.165, 1.54) is 14.1 Å². The number of nitrogens with one attached hydrogen (secondary N) is 2. The van der Waals surface area contributed by atoms with Crippen LogP contribution in [-0.4, -0.2) is 78.8 Å². The number of nitrogens with two attached hydrogens (primary N) is 3. The number of ether oxygens (including phenoxy) is 2. The van der Waals surface area contributed by atoms with Crippen molar-refractivity contribution in [2.45, 2.75) is 18.9 Å². The highest BCUT2D eigenvalue weighted by Crippen LogP contribution is 2.01. The third-order valence-electron chi connectivity index (χ3n) is 2.96. The van der Waals surface area contributed by atoms with Crippen molar-refractivity contribution >= 4 is 35.8 Å². The minimum atomic E-state index is -1.29. The molecule has 1 atom stereocenters. The molecule has 0 saturated carbocycles. The van der Waals surface area contributed by atoms with E-state index in [9.17, 15) is 19.2 Å². The third-order valence-corrected chi connectivity index (χ3v) is 2.96. The van der Waals surface area contributed by atoms with E-state index in [2.05, 4.69) is 9.47 Å². The zero-order valence-electron chi connectivity index (χ0n) is 14.5. The number of rotatable bonds is 8. The van der Waals surface area contributed by atoms with Crippen molar-refractivity contribution in [3.63, 3.8) is 0 Å². The van der Waals surface area contributed by atoms with Crippen LogP contribution in [0.15, 0.2) is 0 Å². The van der Waals surface area contributed by atoms with Crippen molar-refractivity contribution in [2.75, 3.05) is 27.2 Å². The van der Waals surface area contributed by atoms with Gasteiger partial charge in [0.1, 0.15) is 19.1 Å². The van der Waals surface area contributed by atoms with Crippen LogP contribution in [0.2, 0.25) is 0 Å². The second kappa shape index (κ2) is 10.6. The fourth-order valence-electron chi connectivity index (χ4n) is 1.38. The van der Waals surface area contributed by atoms with Crippen LogP contribution in [0.25, 0.3) is 0 Å². The molecule has 0 aromatic carbocycles. The van der Waals surface area contributed by atoms with Crippen molar-refractivity contribution in [1.82, 2.24) is 9.80 Å². The maximum absolute atomic E-state index is 11.6. The van der Waals surface area contributed by atoms with Crippen LogP contribution >= 0.6 is 0 Å².